The standard InChI is InChI=1S/C16H15FO3/c1-19-16(18)13-7-5-12(6-8-13)9-10-20-15-4-2-3-14(17)11-15/h2-8,11H,9-10H2,1H3. The van der Waals surface area contributed by atoms with Gasteiger partial charge in [-0.15, -0.1) is 0 Å². The fourth-order valence-corrected chi connectivity index (χ4v) is 1.77. The molecule has 2 aromatic carbocycles. The molecule has 0 unspecified atom stereocenters. The summed E-state index contributed by atoms with van der Waals surface area (Å²) in [5.41, 5.74) is 1.55. The molecule has 0 saturated carbocycles. The van der Waals surface area contributed by atoms with E-state index < -0.39 is 0 Å². The van der Waals surface area contributed by atoms with Crippen LogP contribution in [0.15, 0.2) is 48.5 Å². The van der Waals surface area contributed by atoms with Crippen molar-refractivity contribution >= 4 is 5.97 Å². The summed E-state index contributed by atoms with van der Waals surface area (Å²) in [6, 6.07) is 13.2. The minimum absolute atomic E-state index is 0.315. The van der Waals surface area contributed by atoms with Crippen LogP contribution in [0, 0.1) is 5.82 Å². The smallest absolute Gasteiger partial charge is 0.337 e. The molecule has 0 aliphatic heterocycles. The quantitative estimate of drug-likeness (QED) is 0.785. The first-order valence-electron chi connectivity index (χ1n) is 6.24. The van der Waals surface area contributed by atoms with Gasteiger partial charge in [0.05, 0.1) is 19.3 Å². The Bertz CT molecular complexity index is 579. The first-order valence-corrected chi connectivity index (χ1v) is 6.24. The van der Waals surface area contributed by atoms with Crippen LogP contribution in [-0.4, -0.2) is 19.7 Å². The van der Waals surface area contributed by atoms with E-state index >= 15 is 0 Å². The monoisotopic (exact) mass is 274 g/mol. The molecule has 2 aromatic rings. The van der Waals surface area contributed by atoms with Crippen molar-refractivity contribution in [3.05, 3.63) is 65.5 Å². The molecule has 0 atom stereocenters. The summed E-state index contributed by atoms with van der Waals surface area (Å²) in [5, 5.41) is 0. The molecule has 3 nitrogen and oxygen atoms in total. The Morgan fingerprint density at radius 2 is 1.90 bits per heavy atom. The number of esters is 1. The highest BCUT2D eigenvalue weighted by atomic mass is 19.1. The lowest BCUT2D eigenvalue weighted by Gasteiger charge is -2.06. The number of methoxy groups -OCH3 is 1. The summed E-state index contributed by atoms with van der Waals surface area (Å²) < 4.78 is 23.0. The van der Waals surface area contributed by atoms with Crippen molar-refractivity contribution in [1.29, 1.82) is 0 Å². The molecule has 0 spiro atoms. The normalized spacial score (nSPS) is 10.1. The number of ether oxygens (including phenoxy) is 2. The Kier molecular flexibility index (Phi) is 4.71. The molecule has 0 amide bonds. The minimum Gasteiger partial charge on any atom is -0.493 e. The zero-order valence-electron chi connectivity index (χ0n) is 11.1. The average molecular weight is 274 g/mol. The van der Waals surface area contributed by atoms with Gasteiger partial charge in [-0.05, 0) is 29.8 Å². The van der Waals surface area contributed by atoms with Crippen LogP contribution in [-0.2, 0) is 11.2 Å². The molecule has 0 bridgehead atoms. The fraction of sp³-hybridized carbons (Fsp3) is 0.188. The highest BCUT2D eigenvalue weighted by Gasteiger charge is 2.04. The second kappa shape index (κ2) is 6.70. The van der Waals surface area contributed by atoms with Gasteiger partial charge in [0, 0.05) is 12.5 Å². The highest BCUT2D eigenvalue weighted by Crippen LogP contribution is 2.13. The van der Waals surface area contributed by atoms with Gasteiger partial charge in [0.25, 0.3) is 0 Å². The maximum atomic E-state index is 12.9. The molecule has 0 heterocycles. The van der Waals surface area contributed by atoms with E-state index in [0.29, 0.717) is 24.3 Å². The van der Waals surface area contributed by atoms with Crippen molar-refractivity contribution in [2.24, 2.45) is 0 Å². The predicted octanol–water partition coefficient (Wildman–Crippen LogP) is 3.23. The van der Waals surface area contributed by atoms with E-state index in [9.17, 15) is 9.18 Å². The van der Waals surface area contributed by atoms with E-state index in [-0.39, 0.29) is 11.8 Å². The lowest BCUT2D eigenvalue weighted by Crippen LogP contribution is -2.03. The summed E-state index contributed by atoms with van der Waals surface area (Å²) in [6.07, 6.45) is 0.679. The van der Waals surface area contributed by atoms with E-state index in [1.807, 2.05) is 12.1 Å². The number of halogens is 1. The van der Waals surface area contributed by atoms with Gasteiger partial charge in [0.2, 0.25) is 0 Å². The van der Waals surface area contributed by atoms with E-state index in [0.717, 1.165) is 5.56 Å². The Labute approximate surface area is 117 Å². The molecule has 0 aromatic heterocycles. The van der Waals surface area contributed by atoms with E-state index in [1.165, 1.54) is 19.2 Å². The van der Waals surface area contributed by atoms with Gasteiger partial charge < -0.3 is 9.47 Å². The highest BCUT2D eigenvalue weighted by molar-refractivity contribution is 5.89. The van der Waals surface area contributed by atoms with Crippen molar-refractivity contribution in [2.45, 2.75) is 6.42 Å². The lowest BCUT2D eigenvalue weighted by molar-refractivity contribution is 0.0600. The molecule has 0 radical (unpaired) electrons. The van der Waals surface area contributed by atoms with E-state index in [1.54, 1.807) is 24.3 Å². The molecule has 0 N–H and O–H groups in total. The first kappa shape index (κ1) is 14.1. The van der Waals surface area contributed by atoms with Crippen LogP contribution in [0.3, 0.4) is 0 Å². The molecular formula is C16H15FO3. The summed E-state index contributed by atoms with van der Waals surface area (Å²) in [4.78, 5) is 11.3. The minimum atomic E-state index is -0.354. The van der Waals surface area contributed by atoms with Crippen molar-refractivity contribution < 1.29 is 18.7 Å². The molecule has 0 fully saturated rings. The first-order chi connectivity index (χ1) is 9.69. The third-order valence-corrected chi connectivity index (χ3v) is 2.83. The van der Waals surface area contributed by atoms with Gasteiger partial charge in [-0.3, -0.25) is 0 Å². The molecule has 20 heavy (non-hydrogen) atoms. The largest absolute Gasteiger partial charge is 0.493 e. The van der Waals surface area contributed by atoms with Gasteiger partial charge in [0.1, 0.15) is 11.6 Å². The zero-order valence-corrected chi connectivity index (χ0v) is 11.1. The molecular weight excluding hydrogens is 259 g/mol. The predicted molar refractivity (Wildman–Crippen MR) is 73.4 cm³/mol. The summed E-state index contributed by atoms with van der Waals surface area (Å²) in [7, 11) is 1.35. The van der Waals surface area contributed by atoms with Gasteiger partial charge in [-0.25, -0.2) is 9.18 Å². The van der Waals surface area contributed by atoms with E-state index in [4.69, 9.17) is 4.74 Å². The number of carbonyl (C=O) groups is 1. The van der Waals surface area contributed by atoms with E-state index in [2.05, 4.69) is 4.74 Å². The number of hydrogen-bond donors (Lipinski definition) is 0. The van der Waals surface area contributed by atoms with Crippen LogP contribution in [0.2, 0.25) is 0 Å². The van der Waals surface area contributed by atoms with Crippen LogP contribution >= 0.6 is 0 Å². The third-order valence-electron chi connectivity index (χ3n) is 2.83. The van der Waals surface area contributed by atoms with Gasteiger partial charge in [-0.2, -0.15) is 0 Å². The summed E-state index contributed by atoms with van der Waals surface area (Å²) in [5.74, 6) is -0.159. The van der Waals surface area contributed by atoms with Crippen LogP contribution < -0.4 is 4.74 Å². The lowest BCUT2D eigenvalue weighted by atomic mass is 10.1. The molecule has 2 rings (SSSR count). The third kappa shape index (κ3) is 3.82. The average Bonchev–Trinajstić information content (AvgIpc) is 2.47. The number of hydrogen-bond acceptors (Lipinski definition) is 3. The maximum absolute atomic E-state index is 12.9. The van der Waals surface area contributed by atoms with Crippen molar-refractivity contribution in [3.8, 4) is 5.75 Å². The van der Waals surface area contributed by atoms with Gasteiger partial charge in [-0.1, -0.05) is 18.2 Å². The van der Waals surface area contributed by atoms with Crippen molar-refractivity contribution in [2.75, 3.05) is 13.7 Å². The molecule has 0 aliphatic rings. The van der Waals surface area contributed by atoms with Crippen LogP contribution in [0.1, 0.15) is 15.9 Å². The Morgan fingerprint density at radius 3 is 2.55 bits per heavy atom. The Balaban J connectivity index is 1.86. The molecule has 104 valence electrons. The van der Waals surface area contributed by atoms with Crippen LogP contribution in [0.5, 0.6) is 5.75 Å². The SMILES string of the molecule is COC(=O)c1ccc(CCOc2cccc(F)c2)cc1. The Hall–Kier alpha value is -2.36. The van der Waals surface area contributed by atoms with Gasteiger partial charge >= 0.3 is 5.97 Å². The maximum Gasteiger partial charge on any atom is 0.337 e. The van der Waals surface area contributed by atoms with Crippen molar-refractivity contribution in [1.82, 2.24) is 0 Å². The number of carbonyl (C=O) groups excluding carboxylic acids is 1. The second-order valence-electron chi connectivity index (χ2n) is 4.24. The molecule has 0 aliphatic carbocycles. The topological polar surface area (TPSA) is 35.5 Å². The summed E-state index contributed by atoms with van der Waals surface area (Å²) >= 11 is 0. The number of rotatable bonds is 5. The summed E-state index contributed by atoms with van der Waals surface area (Å²) in [6.45, 7) is 0.445. The zero-order chi connectivity index (χ0) is 14.4. The second-order valence-corrected chi connectivity index (χ2v) is 4.24. The Morgan fingerprint density at radius 1 is 1.15 bits per heavy atom. The van der Waals surface area contributed by atoms with Crippen LogP contribution in [0.4, 0.5) is 4.39 Å². The number of benzene rings is 2. The molecule has 4 heteroatoms. The molecule has 0 saturated heterocycles. The van der Waals surface area contributed by atoms with Crippen molar-refractivity contribution in [3.63, 3.8) is 0 Å². The van der Waals surface area contributed by atoms with Gasteiger partial charge in [0.15, 0.2) is 0 Å². The van der Waals surface area contributed by atoms with Crippen LogP contribution in [0.25, 0.3) is 0 Å². The fourth-order valence-electron chi connectivity index (χ4n) is 1.77.